The molecule has 1 N–H and O–H groups in total. The molecule has 0 aliphatic heterocycles. The van der Waals surface area contributed by atoms with Gasteiger partial charge in [0, 0.05) is 13.2 Å². The Hall–Kier alpha value is -0.830. The van der Waals surface area contributed by atoms with Crippen molar-refractivity contribution < 1.29 is 5.11 Å². The minimum Gasteiger partial charge on any atom is -0.386 e. The zero-order valence-corrected chi connectivity index (χ0v) is 8.43. The summed E-state index contributed by atoms with van der Waals surface area (Å²) in [6.07, 6.45) is 5.40. The highest BCUT2D eigenvalue weighted by Crippen LogP contribution is 2.56. The summed E-state index contributed by atoms with van der Waals surface area (Å²) in [5.74, 6) is 2.32. The van der Waals surface area contributed by atoms with E-state index in [0.717, 1.165) is 17.5 Å². The first-order chi connectivity index (χ1) is 6.74. The summed E-state index contributed by atoms with van der Waals surface area (Å²) >= 11 is 0. The summed E-state index contributed by atoms with van der Waals surface area (Å²) in [5, 5.41) is 14.4. The van der Waals surface area contributed by atoms with Crippen molar-refractivity contribution in [2.45, 2.75) is 25.4 Å². The van der Waals surface area contributed by atoms with Crippen LogP contribution in [0.4, 0.5) is 0 Å². The third kappa shape index (κ3) is 1.27. The Kier molecular flexibility index (Phi) is 1.71. The number of nitrogens with zero attached hydrogens (tertiary/aromatic N) is 2. The molecule has 2 fully saturated rings. The van der Waals surface area contributed by atoms with Crippen LogP contribution >= 0.6 is 0 Å². The van der Waals surface area contributed by atoms with E-state index in [1.54, 1.807) is 4.68 Å². The minimum atomic E-state index is -0.330. The number of hydrogen-bond acceptors (Lipinski definition) is 2. The summed E-state index contributed by atoms with van der Waals surface area (Å²) in [4.78, 5) is 0. The summed E-state index contributed by atoms with van der Waals surface area (Å²) in [5.41, 5.74) is 0.846. The van der Waals surface area contributed by atoms with Crippen LogP contribution in [0.5, 0.6) is 0 Å². The molecule has 3 heteroatoms. The topological polar surface area (TPSA) is 38.0 Å². The third-order valence-electron chi connectivity index (χ3n) is 3.76. The zero-order chi connectivity index (χ0) is 9.71. The largest absolute Gasteiger partial charge is 0.386 e. The van der Waals surface area contributed by atoms with Gasteiger partial charge in [0.25, 0.3) is 0 Å². The summed E-state index contributed by atoms with van der Waals surface area (Å²) in [6.45, 7) is 0. The number of aryl methyl sites for hydroxylation is 1. The van der Waals surface area contributed by atoms with Crippen LogP contribution in [-0.4, -0.2) is 14.9 Å². The lowest BCUT2D eigenvalue weighted by atomic mass is 9.95. The molecule has 0 aromatic carbocycles. The Balaban J connectivity index is 1.72. The molecule has 0 bridgehead atoms. The summed E-state index contributed by atoms with van der Waals surface area (Å²) in [6, 6.07) is 1.93. The molecule has 0 radical (unpaired) electrons. The molecule has 3 nitrogen and oxygen atoms in total. The summed E-state index contributed by atoms with van der Waals surface area (Å²) in [7, 11) is 1.89. The van der Waals surface area contributed by atoms with E-state index in [1.165, 1.54) is 19.3 Å². The van der Waals surface area contributed by atoms with E-state index in [9.17, 15) is 5.11 Å². The fourth-order valence-electron chi connectivity index (χ4n) is 2.85. The Morgan fingerprint density at radius 1 is 1.43 bits per heavy atom. The molecule has 0 spiro atoms. The highest BCUT2D eigenvalue weighted by Gasteiger charge is 2.48. The average molecular weight is 192 g/mol. The summed E-state index contributed by atoms with van der Waals surface area (Å²) < 4.78 is 1.76. The standard InChI is InChI=1S/C11H16N2O/c1-13-3-2-10(12-13)11(14)9-5-7-4-8(7)6-9/h2-3,7-9,11,14H,4-6H2,1H3. The van der Waals surface area contributed by atoms with E-state index in [4.69, 9.17) is 0 Å². The van der Waals surface area contributed by atoms with Gasteiger partial charge in [0.1, 0.15) is 6.10 Å². The van der Waals surface area contributed by atoms with Crippen LogP contribution in [0, 0.1) is 17.8 Å². The number of rotatable bonds is 2. The molecule has 2 aliphatic carbocycles. The van der Waals surface area contributed by atoms with Crippen LogP contribution in [0.25, 0.3) is 0 Å². The van der Waals surface area contributed by atoms with Gasteiger partial charge in [-0.2, -0.15) is 5.10 Å². The van der Waals surface area contributed by atoms with Gasteiger partial charge in [-0.1, -0.05) is 0 Å². The Morgan fingerprint density at radius 3 is 2.71 bits per heavy atom. The molecule has 3 atom stereocenters. The lowest BCUT2D eigenvalue weighted by Crippen LogP contribution is -2.11. The number of aromatic nitrogens is 2. The quantitative estimate of drug-likeness (QED) is 0.771. The highest BCUT2D eigenvalue weighted by molar-refractivity contribution is 5.08. The molecular weight excluding hydrogens is 176 g/mol. The van der Waals surface area contributed by atoms with Gasteiger partial charge in [-0.15, -0.1) is 0 Å². The molecule has 1 aromatic rings. The molecule has 3 unspecified atom stereocenters. The fraction of sp³-hybridized carbons (Fsp3) is 0.727. The third-order valence-corrected chi connectivity index (χ3v) is 3.76. The number of aliphatic hydroxyl groups excluding tert-OH is 1. The van der Waals surface area contributed by atoms with Crippen molar-refractivity contribution in [3.8, 4) is 0 Å². The second kappa shape index (κ2) is 2.83. The molecule has 2 saturated carbocycles. The van der Waals surface area contributed by atoms with Crippen LogP contribution in [0.15, 0.2) is 12.3 Å². The second-order valence-corrected chi connectivity index (χ2v) is 4.85. The number of aliphatic hydroxyl groups is 1. The van der Waals surface area contributed by atoms with Gasteiger partial charge in [-0.3, -0.25) is 4.68 Å². The number of hydrogen-bond donors (Lipinski definition) is 1. The first kappa shape index (κ1) is 8.48. The van der Waals surface area contributed by atoms with Gasteiger partial charge in [0.2, 0.25) is 0 Å². The Labute approximate surface area is 83.7 Å². The van der Waals surface area contributed by atoms with Gasteiger partial charge in [-0.05, 0) is 43.1 Å². The first-order valence-corrected chi connectivity index (χ1v) is 5.41. The normalized spacial score (nSPS) is 36.9. The van der Waals surface area contributed by atoms with E-state index >= 15 is 0 Å². The van der Waals surface area contributed by atoms with Gasteiger partial charge in [0.15, 0.2) is 0 Å². The molecule has 1 aromatic heterocycles. The average Bonchev–Trinajstić information content (AvgIpc) is 2.64. The lowest BCUT2D eigenvalue weighted by Gasteiger charge is -2.17. The van der Waals surface area contributed by atoms with Gasteiger partial charge in [0.05, 0.1) is 5.69 Å². The van der Waals surface area contributed by atoms with Gasteiger partial charge >= 0.3 is 0 Å². The van der Waals surface area contributed by atoms with Crippen LogP contribution in [0.3, 0.4) is 0 Å². The SMILES string of the molecule is Cn1ccc(C(O)C2CC3CC3C2)n1. The van der Waals surface area contributed by atoms with Crippen molar-refractivity contribution in [1.29, 1.82) is 0 Å². The molecule has 14 heavy (non-hydrogen) atoms. The van der Waals surface area contributed by atoms with Crippen LogP contribution in [0.1, 0.15) is 31.1 Å². The Morgan fingerprint density at radius 2 is 2.14 bits per heavy atom. The molecule has 2 aliphatic rings. The van der Waals surface area contributed by atoms with Crippen molar-refractivity contribution in [2.24, 2.45) is 24.8 Å². The van der Waals surface area contributed by atoms with Gasteiger partial charge in [-0.25, -0.2) is 0 Å². The van der Waals surface area contributed by atoms with Crippen molar-refractivity contribution in [1.82, 2.24) is 9.78 Å². The Bertz CT molecular complexity index is 337. The van der Waals surface area contributed by atoms with E-state index in [-0.39, 0.29) is 6.10 Å². The predicted molar refractivity (Wildman–Crippen MR) is 52.5 cm³/mol. The highest BCUT2D eigenvalue weighted by atomic mass is 16.3. The zero-order valence-electron chi connectivity index (χ0n) is 8.43. The maximum absolute atomic E-state index is 10.1. The fourth-order valence-corrected chi connectivity index (χ4v) is 2.85. The molecule has 1 heterocycles. The monoisotopic (exact) mass is 192 g/mol. The van der Waals surface area contributed by atoms with Crippen molar-refractivity contribution >= 4 is 0 Å². The molecule has 3 rings (SSSR count). The minimum absolute atomic E-state index is 0.330. The maximum atomic E-state index is 10.1. The van der Waals surface area contributed by atoms with Crippen molar-refractivity contribution in [3.63, 3.8) is 0 Å². The molecule has 76 valence electrons. The van der Waals surface area contributed by atoms with E-state index in [1.807, 2.05) is 19.3 Å². The van der Waals surface area contributed by atoms with Crippen LogP contribution in [-0.2, 0) is 7.05 Å². The van der Waals surface area contributed by atoms with Gasteiger partial charge < -0.3 is 5.11 Å². The van der Waals surface area contributed by atoms with Crippen LogP contribution in [0.2, 0.25) is 0 Å². The smallest absolute Gasteiger partial charge is 0.101 e. The van der Waals surface area contributed by atoms with E-state index in [0.29, 0.717) is 5.92 Å². The van der Waals surface area contributed by atoms with E-state index < -0.39 is 0 Å². The second-order valence-electron chi connectivity index (χ2n) is 4.85. The van der Waals surface area contributed by atoms with Crippen LogP contribution < -0.4 is 0 Å². The number of fused-ring (bicyclic) bond motifs is 1. The molecule has 0 amide bonds. The molecule has 0 saturated heterocycles. The lowest BCUT2D eigenvalue weighted by molar-refractivity contribution is 0.0996. The van der Waals surface area contributed by atoms with Crippen molar-refractivity contribution in [3.05, 3.63) is 18.0 Å². The first-order valence-electron chi connectivity index (χ1n) is 5.41. The molecular formula is C11H16N2O. The van der Waals surface area contributed by atoms with E-state index in [2.05, 4.69) is 5.10 Å². The maximum Gasteiger partial charge on any atom is 0.101 e. The van der Waals surface area contributed by atoms with Crippen molar-refractivity contribution in [2.75, 3.05) is 0 Å². The predicted octanol–water partition coefficient (Wildman–Crippen LogP) is 1.50.